The van der Waals surface area contributed by atoms with Gasteiger partial charge >= 0.3 is 0 Å². The molecular weight excluding hydrogens is 338 g/mol. The van der Waals surface area contributed by atoms with Crippen LogP contribution >= 0.6 is 0 Å². The predicted octanol–water partition coefficient (Wildman–Crippen LogP) is 2.81. The van der Waals surface area contributed by atoms with Gasteiger partial charge in [0.2, 0.25) is 5.91 Å². The number of para-hydroxylation sites is 2. The Morgan fingerprint density at radius 2 is 1.78 bits per heavy atom. The fourth-order valence-corrected chi connectivity index (χ4v) is 4.60. The van der Waals surface area contributed by atoms with Crippen molar-refractivity contribution in [1.29, 1.82) is 0 Å². The van der Waals surface area contributed by atoms with E-state index in [0.717, 1.165) is 38.9 Å². The SMILES string of the molecule is CN1CCc2ccccc2C12CCN(CC(=O)Nc1ccccc1O)CC2. The van der Waals surface area contributed by atoms with Gasteiger partial charge in [0.1, 0.15) is 5.75 Å². The maximum Gasteiger partial charge on any atom is 0.238 e. The highest BCUT2D eigenvalue weighted by Gasteiger charge is 2.42. The molecule has 1 fully saturated rings. The number of rotatable bonds is 3. The van der Waals surface area contributed by atoms with Gasteiger partial charge in [-0.05, 0) is 49.6 Å². The number of carbonyl (C=O) groups is 1. The van der Waals surface area contributed by atoms with Crippen molar-refractivity contribution in [2.75, 3.05) is 38.5 Å². The molecular formula is C22H27N3O2. The van der Waals surface area contributed by atoms with Gasteiger partial charge in [0.25, 0.3) is 0 Å². The first-order chi connectivity index (χ1) is 13.1. The summed E-state index contributed by atoms with van der Waals surface area (Å²) in [7, 11) is 2.23. The van der Waals surface area contributed by atoms with Crippen LogP contribution in [0.3, 0.4) is 0 Å². The molecule has 1 saturated heterocycles. The van der Waals surface area contributed by atoms with Crippen LogP contribution in [0.25, 0.3) is 0 Å². The molecule has 5 nitrogen and oxygen atoms in total. The van der Waals surface area contributed by atoms with Gasteiger partial charge in [-0.1, -0.05) is 36.4 Å². The molecule has 0 unspecified atom stereocenters. The third-order valence-corrected chi connectivity index (χ3v) is 6.19. The summed E-state index contributed by atoms with van der Waals surface area (Å²) in [6.45, 7) is 3.24. The quantitative estimate of drug-likeness (QED) is 0.822. The number of phenolic OH excluding ortho intramolecular Hbond substituents is 1. The van der Waals surface area contributed by atoms with E-state index in [-0.39, 0.29) is 17.2 Å². The van der Waals surface area contributed by atoms with Crippen LogP contribution < -0.4 is 5.32 Å². The van der Waals surface area contributed by atoms with E-state index in [1.54, 1.807) is 24.3 Å². The summed E-state index contributed by atoms with van der Waals surface area (Å²) in [5.41, 5.74) is 3.51. The van der Waals surface area contributed by atoms with Crippen LogP contribution in [0.15, 0.2) is 48.5 Å². The minimum absolute atomic E-state index is 0.0788. The average Bonchev–Trinajstić information content (AvgIpc) is 2.68. The molecule has 0 saturated carbocycles. The fourth-order valence-electron chi connectivity index (χ4n) is 4.60. The maximum absolute atomic E-state index is 12.4. The molecule has 0 radical (unpaired) electrons. The normalized spacial score (nSPS) is 19.6. The van der Waals surface area contributed by atoms with E-state index in [1.807, 2.05) is 0 Å². The third kappa shape index (κ3) is 3.45. The molecule has 4 rings (SSSR count). The third-order valence-electron chi connectivity index (χ3n) is 6.19. The van der Waals surface area contributed by atoms with Crippen LogP contribution in [0.2, 0.25) is 0 Å². The Labute approximate surface area is 160 Å². The Morgan fingerprint density at radius 3 is 2.56 bits per heavy atom. The van der Waals surface area contributed by atoms with E-state index < -0.39 is 0 Å². The van der Waals surface area contributed by atoms with E-state index in [1.165, 1.54) is 11.1 Å². The summed E-state index contributed by atoms with van der Waals surface area (Å²) in [5, 5.41) is 12.6. The van der Waals surface area contributed by atoms with Crippen molar-refractivity contribution in [3.05, 3.63) is 59.7 Å². The van der Waals surface area contributed by atoms with Gasteiger partial charge in [0.15, 0.2) is 0 Å². The van der Waals surface area contributed by atoms with Gasteiger partial charge in [-0.15, -0.1) is 0 Å². The molecule has 142 valence electrons. The van der Waals surface area contributed by atoms with Crippen molar-refractivity contribution >= 4 is 11.6 Å². The highest BCUT2D eigenvalue weighted by molar-refractivity contribution is 5.93. The lowest BCUT2D eigenvalue weighted by molar-refractivity contribution is -0.118. The molecule has 1 spiro atoms. The number of hydrogen-bond donors (Lipinski definition) is 2. The number of amides is 1. The van der Waals surface area contributed by atoms with E-state index in [0.29, 0.717) is 12.2 Å². The minimum Gasteiger partial charge on any atom is -0.506 e. The number of anilines is 1. The summed E-state index contributed by atoms with van der Waals surface area (Å²) in [6.07, 6.45) is 3.18. The van der Waals surface area contributed by atoms with Crippen LogP contribution in [-0.4, -0.2) is 54.0 Å². The number of nitrogens with one attached hydrogen (secondary N) is 1. The first kappa shape index (κ1) is 18.0. The molecule has 5 heteroatoms. The molecule has 2 aliphatic rings. The largest absolute Gasteiger partial charge is 0.506 e. The smallest absolute Gasteiger partial charge is 0.238 e. The van der Waals surface area contributed by atoms with E-state index in [4.69, 9.17) is 0 Å². The summed E-state index contributed by atoms with van der Waals surface area (Å²) in [6, 6.07) is 15.7. The second-order valence-corrected chi connectivity index (χ2v) is 7.70. The molecule has 2 N–H and O–H groups in total. The molecule has 2 aromatic carbocycles. The number of hydrogen-bond acceptors (Lipinski definition) is 4. The number of aromatic hydroxyl groups is 1. The van der Waals surface area contributed by atoms with Gasteiger partial charge in [-0.25, -0.2) is 0 Å². The molecule has 0 aliphatic carbocycles. The molecule has 2 heterocycles. The van der Waals surface area contributed by atoms with Crippen molar-refractivity contribution < 1.29 is 9.90 Å². The number of likely N-dealkylation sites (N-methyl/N-ethyl adjacent to an activating group) is 1. The van der Waals surface area contributed by atoms with Gasteiger partial charge < -0.3 is 10.4 Å². The molecule has 2 aromatic rings. The second-order valence-electron chi connectivity index (χ2n) is 7.70. The van der Waals surface area contributed by atoms with Crippen LogP contribution in [0.4, 0.5) is 5.69 Å². The maximum atomic E-state index is 12.4. The van der Waals surface area contributed by atoms with Gasteiger partial charge in [0, 0.05) is 25.2 Å². The predicted molar refractivity (Wildman–Crippen MR) is 107 cm³/mol. The highest BCUT2D eigenvalue weighted by Crippen LogP contribution is 2.42. The lowest BCUT2D eigenvalue weighted by atomic mass is 9.74. The average molecular weight is 365 g/mol. The van der Waals surface area contributed by atoms with Crippen molar-refractivity contribution in [2.24, 2.45) is 0 Å². The van der Waals surface area contributed by atoms with Gasteiger partial charge in [-0.2, -0.15) is 0 Å². The van der Waals surface area contributed by atoms with Crippen molar-refractivity contribution in [2.45, 2.75) is 24.8 Å². The zero-order valence-corrected chi connectivity index (χ0v) is 15.8. The topological polar surface area (TPSA) is 55.8 Å². The van der Waals surface area contributed by atoms with Crippen LogP contribution in [0.5, 0.6) is 5.75 Å². The lowest BCUT2D eigenvalue weighted by Crippen LogP contribution is -2.55. The first-order valence-corrected chi connectivity index (χ1v) is 9.68. The Balaban J connectivity index is 1.41. The Hall–Kier alpha value is -2.37. The summed E-state index contributed by atoms with van der Waals surface area (Å²) in [4.78, 5) is 17.1. The number of carbonyl (C=O) groups excluding carboxylic acids is 1. The lowest BCUT2D eigenvalue weighted by Gasteiger charge is -2.51. The number of likely N-dealkylation sites (tertiary alicyclic amines) is 1. The molecule has 0 atom stereocenters. The van der Waals surface area contributed by atoms with Gasteiger partial charge in [-0.3, -0.25) is 14.6 Å². The zero-order chi connectivity index (χ0) is 18.9. The summed E-state index contributed by atoms with van der Waals surface area (Å²) in [5.74, 6) is 0.0220. The fraction of sp³-hybridized carbons (Fsp3) is 0.409. The molecule has 0 bridgehead atoms. The van der Waals surface area contributed by atoms with Crippen molar-refractivity contribution in [3.8, 4) is 5.75 Å². The Morgan fingerprint density at radius 1 is 1.07 bits per heavy atom. The van der Waals surface area contributed by atoms with Crippen LogP contribution in [0.1, 0.15) is 24.0 Å². The summed E-state index contributed by atoms with van der Waals surface area (Å²) < 4.78 is 0. The van der Waals surface area contributed by atoms with E-state index >= 15 is 0 Å². The van der Waals surface area contributed by atoms with Crippen LogP contribution in [-0.2, 0) is 16.8 Å². The Kier molecular flexibility index (Phi) is 4.89. The van der Waals surface area contributed by atoms with Crippen LogP contribution in [0, 0.1) is 0 Å². The first-order valence-electron chi connectivity index (χ1n) is 9.68. The number of piperidine rings is 1. The molecule has 27 heavy (non-hydrogen) atoms. The van der Waals surface area contributed by atoms with Crippen molar-refractivity contribution in [1.82, 2.24) is 9.80 Å². The van der Waals surface area contributed by atoms with E-state index in [2.05, 4.69) is 46.4 Å². The van der Waals surface area contributed by atoms with Gasteiger partial charge in [0.05, 0.1) is 12.2 Å². The second kappa shape index (κ2) is 7.33. The number of nitrogens with zero attached hydrogens (tertiary/aromatic N) is 2. The zero-order valence-electron chi connectivity index (χ0n) is 15.8. The Bertz CT molecular complexity index is 828. The number of benzene rings is 2. The minimum atomic E-state index is -0.0788. The highest BCUT2D eigenvalue weighted by atomic mass is 16.3. The molecule has 1 amide bonds. The molecule has 0 aromatic heterocycles. The molecule has 2 aliphatic heterocycles. The standard InChI is InChI=1S/C22H27N3O2/c1-24-13-10-17-6-2-3-7-18(17)22(24)11-14-25(15-12-22)16-21(27)23-19-8-4-5-9-20(19)26/h2-9,26H,10-16H2,1H3,(H,23,27). The monoisotopic (exact) mass is 365 g/mol. The summed E-state index contributed by atoms with van der Waals surface area (Å²) >= 11 is 0. The number of phenols is 1. The van der Waals surface area contributed by atoms with Crippen molar-refractivity contribution in [3.63, 3.8) is 0 Å². The number of fused-ring (bicyclic) bond motifs is 2. The van der Waals surface area contributed by atoms with E-state index in [9.17, 15) is 9.90 Å².